The van der Waals surface area contributed by atoms with Crippen molar-refractivity contribution < 1.29 is 14.3 Å². The van der Waals surface area contributed by atoms with E-state index in [1.807, 2.05) is 0 Å². The first-order valence-corrected chi connectivity index (χ1v) is 6.31. The van der Waals surface area contributed by atoms with Crippen LogP contribution in [0.3, 0.4) is 0 Å². The summed E-state index contributed by atoms with van der Waals surface area (Å²) in [5.74, 6) is -0.184. The van der Waals surface area contributed by atoms with Crippen molar-refractivity contribution in [3.8, 4) is 0 Å². The fourth-order valence-electron chi connectivity index (χ4n) is 1.61. The van der Waals surface area contributed by atoms with Gasteiger partial charge in [-0.2, -0.15) is 0 Å². The molecule has 1 aromatic heterocycles. The quantitative estimate of drug-likeness (QED) is 0.841. The van der Waals surface area contributed by atoms with Gasteiger partial charge in [-0.05, 0) is 19.1 Å². The van der Waals surface area contributed by atoms with Crippen molar-refractivity contribution in [2.75, 3.05) is 17.2 Å². The summed E-state index contributed by atoms with van der Waals surface area (Å²) in [4.78, 5) is 31.4. The van der Waals surface area contributed by atoms with Crippen LogP contribution in [0.5, 0.6) is 0 Å². The second-order valence-corrected chi connectivity index (χ2v) is 3.94. The number of para-hydroxylation sites is 1. The highest BCUT2D eigenvalue weighted by Gasteiger charge is 2.13. The molecule has 7 heteroatoms. The van der Waals surface area contributed by atoms with Crippen LogP contribution < -0.4 is 10.6 Å². The topological polar surface area (TPSA) is 93.2 Å². The number of esters is 1. The van der Waals surface area contributed by atoms with E-state index in [1.54, 1.807) is 31.2 Å². The van der Waals surface area contributed by atoms with Crippen molar-refractivity contribution in [2.24, 2.45) is 0 Å². The molecule has 2 amide bonds. The molecule has 0 atom stereocenters. The molecule has 108 valence electrons. The number of rotatable bonds is 4. The SMILES string of the molecule is CCOC(=O)c1ccccc1NC(=O)Nc1cnccn1. The Bertz CT molecular complexity index is 631. The van der Waals surface area contributed by atoms with Gasteiger partial charge in [-0.15, -0.1) is 0 Å². The summed E-state index contributed by atoms with van der Waals surface area (Å²) < 4.78 is 4.94. The minimum Gasteiger partial charge on any atom is -0.462 e. The van der Waals surface area contributed by atoms with E-state index >= 15 is 0 Å². The fraction of sp³-hybridized carbons (Fsp3) is 0.143. The number of amides is 2. The predicted octanol–water partition coefficient (Wildman–Crippen LogP) is 2.30. The highest BCUT2D eigenvalue weighted by molar-refractivity contribution is 6.04. The highest BCUT2D eigenvalue weighted by Crippen LogP contribution is 2.16. The van der Waals surface area contributed by atoms with Gasteiger partial charge >= 0.3 is 12.0 Å². The predicted molar refractivity (Wildman–Crippen MR) is 77.1 cm³/mol. The van der Waals surface area contributed by atoms with Gasteiger partial charge in [0.25, 0.3) is 0 Å². The van der Waals surface area contributed by atoms with E-state index < -0.39 is 12.0 Å². The van der Waals surface area contributed by atoms with Gasteiger partial charge in [-0.25, -0.2) is 14.6 Å². The third kappa shape index (κ3) is 4.00. The van der Waals surface area contributed by atoms with Crippen LogP contribution in [0.4, 0.5) is 16.3 Å². The van der Waals surface area contributed by atoms with E-state index in [-0.39, 0.29) is 12.2 Å². The first-order chi connectivity index (χ1) is 10.2. The zero-order valence-corrected chi connectivity index (χ0v) is 11.4. The molecule has 0 unspecified atom stereocenters. The van der Waals surface area contributed by atoms with E-state index in [0.29, 0.717) is 11.5 Å². The molecular weight excluding hydrogens is 272 g/mol. The van der Waals surface area contributed by atoms with Crippen LogP contribution in [0.2, 0.25) is 0 Å². The molecule has 2 rings (SSSR count). The summed E-state index contributed by atoms with van der Waals surface area (Å²) in [6.45, 7) is 1.98. The van der Waals surface area contributed by atoms with E-state index in [0.717, 1.165) is 0 Å². The Morgan fingerprint density at radius 3 is 2.71 bits per heavy atom. The zero-order chi connectivity index (χ0) is 15.1. The van der Waals surface area contributed by atoms with Gasteiger partial charge in [0.15, 0.2) is 5.82 Å². The largest absolute Gasteiger partial charge is 0.462 e. The molecule has 0 aliphatic rings. The van der Waals surface area contributed by atoms with Gasteiger partial charge in [-0.3, -0.25) is 10.3 Å². The van der Waals surface area contributed by atoms with Crippen molar-refractivity contribution in [1.82, 2.24) is 9.97 Å². The summed E-state index contributed by atoms with van der Waals surface area (Å²) in [6, 6.07) is 6.07. The van der Waals surface area contributed by atoms with Gasteiger partial charge in [0.05, 0.1) is 24.1 Å². The molecule has 0 aliphatic heterocycles. The minimum absolute atomic E-state index is 0.263. The second kappa shape index (κ2) is 6.99. The summed E-state index contributed by atoms with van der Waals surface area (Å²) in [5.41, 5.74) is 0.644. The van der Waals surface area contributed by atoms with Gasteiger partial charge in [0.2, 0.25) is 0 Å². The van der Waals surface area contributed by atoms with Crippen LogP contribution in [0, 0.1) is 0 Å². The fourth-order valence-corrected chi connectivity index (χ4v) is 1.61. The monoisotopic (exact) mass is 286 g/mol. The number of nitrogens with one attached hydrogen (secondary N) is 2. The molecule has 7 nitrogen and oxygen atoms in total. The second-order valence-electron chi connectivity index (χ2n) is 3.94. The maximum Gasteiger partial charge on any atom is 0.340 e. The van der Waals surface area contributed by atoms with Gasteiger partial charge < -0.3 is 10.1 Å². The van der Waals surface area contributed by atoms with Crippen LogP contribution in [-0.2, 0) is 4.74 Å². The van der Waals surface area contributed by atoms with Crippen LogP contribution in [0.25, 0.3) is 0 Å². The van der Waals surface area contributed by atoms with Gasteiger partial charge in [0.1, 0.15) is 0 Å². The lowest BCUT2D eigenvalue weighted by atomic mass is 10.2. The number of carbonyl (C=O) groups excluding carboxylic acids is 2. The van der Waals surface area contributed by atoms with Crippen molar-refractivity contribution in [1.29, 1.82) is 0 Å². The number of anilines is 2. The molecule has 0 radical (unpaired) electrons. The number of benzene rings is 1. The molecule has 0 saturated heterocycles. The van der Waals surface area contributed by atoms with E-state index in [9.17, 15) is 9.59 Å². The summed E-state index contributed by atoms with van der Waals surface area (Å²) in [7, 11) is 0. The molecule has 21 heavy (non-hydrogen) atoms. The Kier molecular flexibility index (Phi) is 4.81. The molecule has 1 aromatic carbocycles. The number of ether oxygens (including phenoxy) is 1. The molecule has 1 heterocycles. The molecule has 0 aliphatic carbocycles. The van der Waals surface area contributed by atoms with Crippen molar-refractivity contribution in [2.45, 2.75) is 6.92 Å². The first-order valence-electron chi connectivity index (χ1n) is 6.31. The molecule has 2 aromatic rings. The number of hydrogen-bond acceptors (Lipinski definition) is 5. The van der Waals surface area contributed by atoms with E-state index in [4.69, 9.17) is 4.74 Å². The summed E-state index contributed by atoms with van der Waals surface area (Å²) >= 11 is 0. The van der Waals surface area contributed by atoms with Crippen LogP contribution in [0.15, 0.2) is 42.9 Å². The van der Waals surface area contributed by atoms with E-state index in [2.05, 4.69) is 20.6 Å². The van der Waals surface area contributed by atoms with Crippen LogP contribution >= 0.6 is 0 Å². The van der Waals surface area contributed by atoms with Crippen molar-refractivity contribution >= 4 is 23.5 Å². The first kappa shape index (κ1) is 14.4. The smallest absolute Gasteiger partial charge is 0.340 e. The van der Waals surface area contributed by atoms with Crippen LogP contribution in [0.1, 0.15) is 17.3 Å². The van der Waals surface area contributed by atoms with Gasteiger partial charge in [0, 0.05) is 12.4 Å². The minimum atomic E-state index is -0.521. The number of urea groups is 1. The van der Waals surface area contributed by atoms with Gasteiger partial charge in [-0.1, -0.05) is 12.1 Å². The zero-order valence-electron chi connectivity index (χ0n) is 11.4. The normalized spacial score (nSPS) is 9.76. The summed E-state index contributed by atoms with van der Waals surface area (Å²) in [6.07, 6.45) is 4.37. The average molecular weight is 286 g/mol. The molecule has 0 saturated carbocycles. The Morgan fingerprint density at radius 2 is 2.00 bits per heavy atom. The van der Waals surface area contributed by atoms with E-state index in [1.165, 1.54) is 18.6 Å². The Labute approximate surface area is 121 Å². The standard InChI is InChI=1S/C14H14N4O3/c1-2-21-13(19)10-5-3-4-6-11(10)17-14(20)18-12-9-15-7-8-16-12/h3-9H,2H2,1H3,(H2,16,17,18,20). The lowest BCUT2D eigenvalue weighted by molar-refractivity contribution is 0.0527. The number of nitrogens with zero attached hydrogens (tertiary/aromatic N) is 2. The molecular formula is C14H14N4O3. The maximum absolute atomic E-state index is 11.9. The lowest BCUT2D eigenvalue weighted by Gasteiger charge is -2.10. The Morgan fingerprint density at radius 1 is 1.19 bits per heavy atom. The molecule has 0 spiro atoms. The molecule has 0 fully saturated rings. The van der Waals surface area contributed by atoms with Crippen molar-refractivity contribution in [3.05, 3.63) is 48.4 Å². The molecule has 0 bridgehead atoms. The third-order valence-electron chi connectivity index (χ3n) is 2.48. The molecule has 2 N–H and O–H groups in total. The highest BCUT2D eigenvalue weighted by atomic mass is 16.5. The number of aromatic nitrogens is 2. The Hall–Kier alpha value is -2.96. The maximum atomic E-state index is 11.9. The average Bonchev–Trinajstić information content (AvgIpc) is 2.49. The van der Waals surface area contributed by atoms with Crippen LogP contribution in [-0.4, -0.2) is 28.6 Å². The lowest BCUT2D eigenvalue weighted by Crippen LogP contribution is -2.22. The number of carbonyl (C=O) groups is 2. The number of hydrogen-bond donors (Lipinski definition) is 2. The summed E-state index contributed by atoms with van der Waals surface area (Å²) in [5, 5.41) is 5.09. The third-order valence-corrected chi connectivity index (χ3v) is 2.48. The van der Waals surface area contributed by atoms with Crippen molar-refractivity contribution in [3.63, 3.8) is 0 Å². The Balaban J connectivity index is 2.09.